The van der Waals surface area contributed by atoms with E-state index in [0.717, 1.165) is 11.3 Å². The molecule has 0 aliphatic rings. The number of halogens is 3. The minimum Gasteiger partial charge on any atom is -0.477 e. The van der Waals surface area contributed by atoms with Crippen molar-refractivity contribution in [1.29, 1.82) is 0 Å². The van der Waals surface area contributed by atoms with Gasteiger partial charge >= 0.3 is 5.97 Å². The van der Waals surface area contributed by atoms with Gasteiger partial charge < -0.3 is 5.11 Å². The molecule has 0 bridgehead atoms. The Morgan fingerprint density at radius 3 is 2.77 bits per heavy atom. The lowest BCUT2D eigenvalue weighted by atomic mass is 10.0. The zero-order valence-corrected chi connectivity index (χ0v) is 13.5. The molecule has 0 radical (unpaired) electrons. The van der Waals surface area contributed by atoms with Gasteiger partial charge in [0.15, 0.2) is 0 Å². The lowest BCUT2D eigenvalue weighted by molar-refractivity contribution is 0.0703. The highest BCUT2D eigenvalue weighted by molar-refractivity contribution is 7.21. The van der Waals surface area contributed by atoms with Crippen LogP contribution >= 0.6 is 34.5 Å². The maximum Gasteiger partial charge on any atom is 0.346 e. The van der Waals surface area contributed by atoms with Gasteiger partial charge in [0.2, 0.25) is 0 Å². The molecular formula is C15H8Cl2FNO2S. The normalized spacial score (nSPS) is 11.1. The molecule has 0 spiro atoms. The summed E-state index contributed by atoms with van der Waals surface area (Å²) in [6.07, 6.45) is 1.41. The van der Waals surface area contributed by atoms with Gasteiger partial charge in [0.25, 0.3) is 0 Å². The molecule has 1 N–H and O–H groups in total. The smallest absolute Gasteiger partial charge is 0.346 e. The second-order valence-corrected chi connectivity index (χ2v) is 6.54. The number of aromatic nitrogens is 1. The van der Waals surface area contributed by atoms with E-state index in [0.29, 0.717) is 15.2 Å². The maximum atomic E-state index is 14.5. The molecule has 0 aliphatic carbocycles. The Labute approximate surface area is 138 Å². The summed E-state index contributed by atoms with van der Waals surface area (Å²) in [5, 5.41) is 10.1. The number of hydrogen-bond acceptors (Lipinski definition) is 3. The third-order valence-corrected chi connectivity index (χ3v) is 5.01. The standard InChI is InChI=1S/C15H8Cl2FNO2S/c1-6-9(17)3-2-8(12(6)18)11-13-10(4-7(16)5-19-13)22-14(11)15(20)21/h2-5H,1H3,(H,20,21). The van der Waals surface area contributed by atoms with E-state index in [1.165, 1.54) is 12.3 Å². The summed E-state index contributed by atoms with van der Waals surface area (Å²) in [6, 6.07) is 4.63. The monoisotopic (exact) mass is 355 g/mol. The van der Waals surface area contributed by atoms with E-state index < -0.39 is 11.8 Å². The summed E-state index contributed by atoms with van der Waals surface area (Å²) < 4.78 is 15.1. The number of nitrogens with zero attached hydrogens (tertiary/aromatic N) is 1. The molecule has 1 aromatic carbocycles. The number of pyridine rings is 1. The Morgan fingerprint density at radius 2 is 2.09 bits per heavy atom. The topological polar surface area (TPSA) is 50.2 Å². The molecule has 0 amide bonds. The van der Waals surface area contributed by atoms with Crippen LogP contribution in [0.3, 0.4) is 0 Å². The molecule has 22 heavy (non-hydrogen) atoms. The molecule has 2 aromatic heterocycles. The highest BCUT2D eigenvalue weighted by Crippen LogP contribution is 2.40. The van der Waals surface area contributed by atoms with Crippen molar-refractivity contribution in [2.75, 3.05) is 0 Å². The molecule has 3 aromatic rings. The van der Waals surface area contributed by atoms with Gasteiger partial charge in [-0.1, -0.05) is 23.2 Å². The van der Waals surface area contributed by atoms with Gasteiger partial charge in [-0.25, -0.2) is 9.18 Å². The molecule has 2 heterocycles. The Morgan fingerprint density at radius 1 is 1.36 bits per heavy atom. The van der Waals surface area contributed by atoms with Crippen LogP contribution in [0.25, 0.3) is 21.3 Å². The fourth-order valence-corrected chi connectivity index (χ4v) is 3.63. The van der Waals surface area contributed by atoms with Crippen molar-refractivity contribution < 1.29 is 14.3 Å². The van der Waals surface area contributed by atoms with Crippen LogP contribution in [-0.4, -0.2) is 16.1 Å². The third kappa shape index (κ3) is 2.35. The summed E-state index contributed by atoms with van der Waals surface area (Å²) in [6.45, 7) is 1.54. The van der Waals surface area contributed by atoms with Gasteiger partial charge in [-0.05, 0) is 25.1 Å². The molecule has 0 saturated carbocycles. The Balaban J connectivity index is 2.41. The number of thiophene rings is 1. The molecule has 0 unspecified atom stereocenters. The molecule has 7 heteroatoms. The van der Waals surface area contributed by atoms with Crippen molar-refractivity contribution in [2.45, 2.75) is 6.92 Å². The van der Waals surface area contributed by atoms with Crippen molar-refractivity contribution in [3.05, 3.63) is 50.7 Å². The van der Waals surface area contributed by atoms with Crippen molar-refractivity contribution in [3.8, 4) is 11.1 Å². The Hall–Kier alpha value is -1.69. The second kappa shape index (κ2) is 5.50. The molecule has 0 atom stereocenters. The van der Waals surface area contributed by atoms with E-state index in [-0.39, 0.29) is 26.6 Å². The number of rotatable bonds is 2. The van der Waals surface area contributed by atoms with Crippen LogP contribution in [0.1, 0.15) is 15.2 Å². The minimum absolute atomic E-state index is 0.0189. The van der Waals surface area contributed by atoms with E-state index in [1.54, 1.807) is 19.1 Å². The van der Waals surface area contributed by atoms with Gasteiger partial charge in [0, 0.05) is 27.9 Å². The van der Waals surface area contributed by atoms with Crippen molar-refractivity contribution in [2.24, 2.45) is 0 Å². The van der Waals surface area contributed by atoms with Crippen LogP contribution in [-0.2, 0) is 0 Å². The van der Waals surface area contributed by atoms with Crippen LogP contribution in [0.2, 0.25) is 10.0 Å². The molecule has 0 aliphatic heterocycles. The third-order valence-electron chi connectivity index (χ3n) is 3.28. The van der Waals surface area contributed by atoms with E-state index in [2.05, 4.69) is 4.98 Å². The number of carboxylic acid groups (broad SMARTS) is 1. The summed E-state index contributed by atoms with van der Waals surface area (Å²) in [4.78, 5) is 15.7. The summed E-state index contributed by atoms with van der Waals surface area (Å²) in [5.41, 5.74) is 1.10. The summed E-state index contributed by atoms with van der Waals surface area (Å²) in [7, 11) is 0. The first-order chi connectivity index (χ1) is 10.4. The first-order valence-electron chi connectivity index (χ1n) is 6.16. The predicted octanol–water partition coefficient (Wildman–Crippen LogP) is 5.42. The minimum atomic E-state index is -1.14. The van der Waals surface area contributed by atoms with E-state index in [9.17, 15) is 14.3 Å². The van der Waals surface area contributed by atoms with Crippen LogP contribution in [0.5, 0.6) is 0 Å². The van der Waals surface area contributed by atoms with Gasteiger partial charge in [-0.3, -0.25) is 4.98 Å². The zero-order valence-electron chi connectivity index (χ0n) is 11.2. The maximum absolute atomic E-state index is 14.5. The largest absolute Gasteiger partial charge is 0.477 e. The fourth-order valence-electron chi connectivity index (χ4n) is 2.21. The molecule has 3 rings (SSSR count). The summed E-state index contributed by atoms with van der Waals surface area (Å²) >= 11 is 12.8. The number of hydrogen-bond donors (Lipinski definition) is 1. The van der Waals surface area contributed by atoms with E-state index in [1.807, 2.05) is 0 Å². The van der Waals surface area contributed by atoms with Gasteiger partial charge in [-0.2, -0.15) is 0 Å². The molecule has 0 fully saturated rings. The Kier molecular flexibility index (Phi) is 3.80. The van der Waals surface area contributed by atoms with Gasteiger partial charge in [0.1, 0.15) is 10.7 Å². The van der Waals surface area contributed by atoms with Crippen LogP contribution in [0.15, 0.2) is 24.4 Å². The summed E-state index contributed by atoms with van der Waals surface area (Å²) in [5.74, 6) is -1.69. The quantitative estimate of drug-likeness (QED) is 0.667. The van der Waals surface area contributed by atoms with Crippen LogP contribution in [0.4, 0.5) is 4.39 Å². The van der Waals surface area contributed by atoms with Crippen LogP contribution in [0, 0.1) is 12.7 Å². The SMILES string of the molecule is Cc1c(Cl)ccc(-c2c(C(=O)O)sc3cc(Cl)cnc23)c1F. The van der Waals surface area contributed by atoms with Crippen LogP contribution < -0.4 is 0 Å². The number of aromatic carboxylic acids is 1. The first kappa shape index (κ1) is 15.2. The van der Waals surface area contributed by atoms with Gasteiger partial charge in [-0.15, -0.1) is 11.3 Å². The molecule has 0 saturated heterocycles. The van der Waals surface area contributed by atoms with E-state index >= 15 is 0 Å². The second-order valence-electron chi connectivity index (χ2n) is 4.65. The average molecular weight is 356 g/mol. The highest BCUT2D eigenvalue weighted by atomic mass is 35.5. The number of carboxylic acids is 1. The highest BCUT2D eigenvalue weighted by Gasteiger charge is 2.23. The Bertz CT molecular complexity index is 924. The fraction of sp³-hybridized carbons (Fsp3) is 0.0667. The first-order valence-corrected chi connectivity index (χ1v) is 7.73. The lowest BCUT2D eigenvalue weighted by Gasteiger charge is -2.07. The zero-order chi connectivity index (χ0) is 16.0. The number of fused-ring (bicyclic) bond motifs is 1. The predicted molar refractivity (Wildman–Crippen MR) is 86.7 cm³/mol. The van der Waals surface area contributed by atoms with Gasteiger partial charge in [0.05, 0.1) is 15.2 Å². The molecular weight excluding hydrogens is 348 g/mol. The number of carbonyl (C=O) groups is 1. The number of benzene rings is 1. The molecule has 3 nitrogen and oxygen atoms in total. The molecule has 112 valence electrons. The van der Waals surface area contributed by atoms with Crippen molar-refractivity contribution in [1.82, 2.24) is 4.98 Å². The van der Waals surface area contributed by atoms with Crippen molar-refractivity contribution in [3.63, 3.8) is 0 Å². The van der Waals surface area contributed by atoms with Crippen molar-refractivity contribution >= 4 is 50.7 Å². The lowest BCUT2D eigenvalue weighted by Crippen LogP contribution is -1.98. The average Bonchev–Trinajstić information content (AvgIpc) is 2.83. The van der Waals surface area contributed by atoms with E-state index in [4.69, 9.17) is 23.2 Å².